The van der Waals surface area contributed by atoms with Crippen LogP contribution in [0.15, 0.2) is 180 Å². The van der Waals surface area contributed by atoms with E-state index in [1.165, 1.54) is 34.7 Å². The van der Waals surface area contributed by atoms with E-state index in [1.54, 1.807) is 12.4 Å². The van der Waals surface area contributed by atoms with E-state index >= 15 is 0 Å². The molecule has 6 nitrogen and oxygen atoms in total. The molecule has 0 radical (unpaired) electrons. The number of oxazole rings is 2. The molecular formula is C46H28N4O2. The highest BCUT2D eigenvalue weighted by atomic mass is 16.3. The lowest BCUT2D eigenvalue weighted by atomic mass is 9.85. The SMILES string of the molecule is c1ccc2c(-c3ccc(-c4ccc5c(-c6cncc(-c7cnco7)c6)c6ccccc6c(-c6cncc(-c7cnco7)c6)c5c4)cc3)cccc2c1. The van der Waals surface area contributed by atoms with E-state index in [1.807, 2.05) is 24.8 Å². The van der Waals surface area contributed by atoms with E-state index in [0.717, 1.165) is 66.1 Å². The number of rotatable bonds is 6. The van der Waals surface area contributed by atoms with Gasteiger partial charge in [0.15, 0.2) is 24.3 Å². The van der Waals surface area contributed by atoms with E-state index in [4.69, 9.17) is 8.83 Å². The van der Waals surface area contributed by atoms with Gasteiger partial charge in [-0.25, -0.2) is 9.97 Å². The van der Waals surface area contributed by atoms with Crippen molar-refractivity contribution < 1.29 is 8.83 Å². The average molecular weight is 669 g/mol. The summed E-state index contributed by atoms with van der Waals surface area (Å²) in [5.41, 5.74) is 10.6. The molecule has 0 aliphatic heterocycles. The molecule has 0 saturated carbocycles. The van der Waals surface area contributed by atoms with E-state index in [2.05, 4.69) is 141 Å². The largest absolute Gasteiger partial charge is 0.443 e. The van der Waals surface area contributed by atoms with Crippen molar-refractivity contribution in [2.45, 2.75) is 0 Å². The van der Waals surface area contributed by atoms with Gasteiger partial charge in [-0.15, -0.1) is 0 Å². The van der Waals surface area contributed by atoms with Crippen LogP contribution in [0.2, 0.25) is 0 Å². The van der Waals surface area contributed by atoms with Gasteiger partial charge in [-0.1, -0.05) is 103 Å². The van der Waals surface area contributed by atoms with E-state index < -0.39 is 0 Å². The summed E-state index contributed by atoms with van der Waals surface area (Å²) in [6.45, 7) is 0. The Balaban J connectivity index is 1.20. The standard InChI is InChI=1S/C46H28N4O2/c1-2-8-37-30(6-1)7-5-11-38(37)31-14-12-29(13-15-31)32-16-17-41-42(20-32)46(36-19-34(22-48-24-36)44-26-50-28-52-44)40-10-4-3-9-39(40)45(41)35-18-33(21-47-23-35)43-25-49-27-51-43/h1-28H. The fourth-order valence-corrected chi connectivity index (χ4v) is 7.44. The summed E-state index contributed by atoms with van der Waals surface area (Å²) in [6, 6.07) is 43.5. The van der Waals surface area contributed by atoms with Gasteiger partial charge in [0.25, 0.3) is 0 Å². The summed E-state index contributed by atoms with van der Waals surface area (Å²) >= 11 is 0. The first kappa shape index (κ1) is 29.7. The van der Waals surface area contributed by atoms with Gasteiger partial charge in [0.1, 0.15) is 0 Å². The molecule has 0 unspecified atom stereocenters. The zero-order chi connectivity index (χ0) is 34.4. The molecule has 0 aliphatic carbocycles. The normalized spacial score (nSPS) is 11.5. The molecule has 10 aromatic rings. The van der Waals surface area contributed by atoms with Crippen LogP contribution in [0.5, 0.6) is 0 Å². The molecule has 0 fully saturated rings. The van der Waals surface area contributed by atoms with Crippen molar-refractivity contribution in [3.8, 4) is 67.2 Å². The van der Waals surface area contributed by atoms with Gasteiger partial charge in [0, 0.05) is 47.0 Å². The van der Waals surface area contributed by atoms with Gasteiger partial charge in [0.05, 0.1) is 12.4 Å². The van der Waals surface area contributed by atoms with E-state index in [0.29, 0.717) is 11.5 Å². The van der Waals surface area contributed by atoms with Crippen LogP contribution >= 0.6 is 0 Å². The van der Waals surface area contributed by atoms with Gasteiger partial charge < -0.3 is 8.83 Å². The molecule has 0 atom stereocenters. The van der Waals surface area contributed by atoms with Crippen LogP contribution in [0.4, 0.5) is 0 Å². The zero-order valence-corrected chi connectivity index (χ0v) is 27.8. The number of fused-ring (bicyclic) bond motifs is 3. The predicted molar refractivity (Wildman–Crippen MR) is 207 cm³/mol. The van der Waals surface area contributed by atoms with Crippen molar-refractivity contribution >= 4 is 32.3 Å². The Morgan fingerprint density at radius 1 is 0.327 bits per heavy atom. The van der Waals surface area contributed by atoms with Crippen LogP contribution in [0.3, 0.4) is 0 Å². The van der Waals surface area contributed by atoms with Gasteiger partial charge in [-0.05, 0) is 83.9 Å². The second-order valence-corrected chi connectivity index (χ2v) is 12.8. The Bertz CT molecular complexity index is 2890. The third-order valence-electron chi connectivity index (χ3n) is 9.83. The highest BCUT2D eigenvalue weighted by Gasteiger charge is 2.19. The average Bonchev–Trinajstić information content (AvgIpc) is 3.96. The van der Waals surface area contributed by atoms with Gasteiger partial charge >= 0.3 is 0 Å². The summed E-state index contributed by atoms with van der Waals surface area (Å²) in [5, 5.41) is 6.90. The third kappa shape index (κ3) is 5.05. The molecule has 52 heavy (non-hydrogen) atoms. The molecule has 0 N–H and O–H groups in total. The minimum atomic E-state index is 0.668. The van der Waals surface area contributed by atoms with Crippen LogP contribution in [0.25, 0.3) is 99.5 Å². The Morgan fingerprint density at radius 2 is 0.846 bits per heavy atom. The Kier molecular flexibility index (Phi) is 7.03. The number of hydrogen-bond donors (Lipinski definition) is 0. The maximum absolute atomic E-state index is 5.68. The molecule has 4 heterocycles. The van der Waals surface area contributed by atoms with Crippen LogP contribution < -0.4 is 0 Å². The second kappa shape index (κ2) is 12.3. The van der Waals surface area contributed by atoms with E-state index in [9.17, 15) is 0 Å². The van der Waals surface area contributed by atoms with Gasteiger partial charge in [-0.3, -0.25) is 9.97 Å². The highest BCUT2D eigenvalue weighted by Crippen LogP contribution is 2.45. The van der Waals surface area contributed by atoms with Gasteiger partial charge in [-0.2, -0.15) is 0 Å². The van der Waals surface area contributed by atoms with Crippen molar-refractivity contribution in [1.29, 1.82) is 0 Å². The number of pyridine rings is 2. The molecule has 6 aromatic carbocycles. The fourth-order valence-electron chi connectivity index (χ4n) is 7.44. The Morgan fingerprint density at radius 3 is 1.48 bits per heavy atom. The van der Waals surface area contributed by atoms with Crippen LogP contribution in [-0.4, -0.2) is 19.9 Å². The Labute approximate surface area is 298 Å². The molecular weight excluding hydrogens is 641 g/mol. The van der Waals surface area contributed by atoms with Crippen LogP contribution in [-0.2, 0) is 0 Å². The Hall–Kier alpha value is -7.18. The van der Waals surface area contributed by atoms with Crippen molar-refractivity contribution in [3.63, 3.8) is 0 Å². The van der Waals surface area contributed by atoms with Crippen LogP contribution in [0, 0.1) is 0 Å². The molecule has 0 spiro atoms. The lowest BCUT2D eigenvalue weighted by Gasteiger charge is -2.19. The minimum absolute atomic E-state index is 0.668. The van der Waals surface area contributed by atoms with Crippen molar-refractivity contribution in [1.82, 2.24) is 19.9 Å². The number of benzene rings is 6. The third-order valence-corrected chi connectivity index (χ3v) is 9.83. The summed E-state index contributed by atoms with van der Waals surface area (Å²) in [7, 11) is 0. The zero-order valence-electron chi connectivity index (χ0n) is 27.8. The molecule has 0 bridgehead atoms. The molecule has 10 rings (SSSR count). The number of hydrogen-bond acceptors (Lipinski definition) is 6. The highest BCUT2D eigenvalue weighted by molar-refractivity contribution is 6.22. The van der Waals surface area contributed by atoms with E-state index in [-0.39, 0.29) is 0 Å². The maximum atomic E-state index is 5.68. The predicted octanol–water partition coefficient (Wildman–Crippen LogP) is 11.9. The smallest absolute Gasteiger partial charge is 0.181 e. The molecule has 4 aromatic heterocycles. The van der Waals surface area contributed by atoms with Crippen LogP contribution in [0.1, 0.15) is 0 Å². The topological polar surface area (TPSA) is 77.8 Å². The van der Waals surface area contributed by atoms with Crippen molar-refractivity contribution in [2.75, 3.05) is 0 Å². The van der Waals surface area contributed by atoms with Crippen molar-refractivity contribution in [3.05, 3.63) is 171 Å². The summed E-state index contributed by atoms with van der Waals surface area (Å²) in [4.78, 5) is 17.6. The quantitative estimate of drug-likeness (QED) is 0.164. The van der Waals surface area contributed by atoms with Crippen molar-refractivity contribution in [2.24, 2.45) is 0 Å². The number of nitrogens with zero attached hydrogens (tertiary/aromatic N) is 4. The minimum Gasteiger partial charge on any atom is -0.443 e. The summed E-state index contributed by atoms with van der Waals surface area (Å²) < 4.78 is 11.3. The maximum Gasteiger partial charge on any atom is 0.181 e. The summed E-state index contributed by atoms with van der Waals surface area (Å²) in [5.74, 6) is 1.34. The molecule has 6 heteroatoms. The molecule has 0 aliphatic rings. The summed E-state index contributed by atoms with van der Waals surface area (Å²) in [6.07, 6.45) is 13.8. The lowest BCUT2D eigenvalue weighted by molar-refractivity contribution is 0.571. The van der Waals surface area contributed by atoms with Gasteiger partial charge in [0.2, 0.25) is 0 Å². The second-order valence-electron chi connectivity index (χ2n) is 12.8. The first-order valence-electron chi connectivity index (χ1n) is 17.0. The fraction of sp³-hybridized carbons (Fsp3) is 0. The number of aromatic nitrogens is 4. The lowest BCUT2D eigenvalue weighted by Crippen LogP contribution is -1.93. The monoisotopic (exact) mass is 668 g/mol. The molecule has 0 amide bonds. The first-order valence-corrected chi connectivity index (χ1v) is 17.0. The first-order chi connectivity index (χ1) is 25.8. The molecule has 0 saturated heterocycles. The molecule has 244 valence electrons.